The molecule has 3 aliphatic heterocycles. The fourth-order valence-electron chi connectivity index (χ4n) is 6.44. The molecule has 7 nitrogen and oxygen atoms in total. The zero-order valence-electron chi connectivity index (χ0n) is 19.9. The first kappa shape index (κ1) is 21.4. The van der Waals surface area contributed by atoms with Crippen LogP contribution < -0.4 is 5.32 Å². The normalized spacial score (nSPS) is 26.4. The third-order valence-electron chi connectivity index (χ3n) is 8.18. The van der Waals surface area contributed by atoms with Crippen molar-refractivity contribution < 1.29 is 14.3 Å². The van der Waals surface area contributed by atoms with Gasteiger partial charge in [-0.2, -0.15) is 0 Å². The van der Waals surface area contributed by atoms with Gasteiger partial charge in [-0.25, -0.2) is 0 Å². The summed E-state index contributed by atoms with van der Waals surface area (Å²) in [5, 5.41) is 5.45. The minimum atomic E-state index is -0.680. The molecular formula is C29H28N4O3. The van der Waals surface area contributed by atoms with Crippen molar-refractivity contribution in [2.45, 2.75) is 24.5 Å². The summed E-state index contributed by atoms with van der Waals surface area (Å²) >= 11 is 0. The van der Waals surface area contributed by atoms with Crippen LogP contribution in [0.5, 0.6) is 0 Å². The van der Waals surface area contributed by atoms with Crippen LogP contribution in [-0.2, 0) is 27.2 Å². The van der Waals surface area contributed by atoms with E-state index in [2.05, 4.69) is 33.5 Å². The molecule has 7 heteroatoms. The molecule has 0 aliphatic carbocycles. The second-order valence-electron chi connectivity index (χ2n) is 10.2. The van der Waals surface area contributed by atoms with Crippen molar-refractivity contribution in [2.24, 2.45) is 11.8 Å². The number of rotatable bonds is 7. The Morgan fingerprint density at radius 2 is 1.67 bits per heavy atom. The number of carbonyl (C=O) groups is 2. The van der Waals surface area contributed by atoms with Crippen LogP contribution in [-0.4, -0.2) is 58.0 Å². The lowest BCUT2D eigenvalue weighted by Crippen LogP contribution is -2.44. The van der Waals surface area contributed by atoms with Crippen LogP contribution in [0.25, 0.3) is 21.8 Å². The minimum Gasteiger partial charge on any atom is -0.361 e. The summed E-state index contributed by atoms with van der Waals surface area (Å²) in [6, 6.07) is 16.4. The highest BCUT2D eigenvalue weighted by Crippen LogP contribution is 2.51. The molecule has 3 aliphatic rings. The molecule has 0 saturated carbocycles. The standard InChI is InChI=1S/C29H28N4O3/c34-27(30-13-10-18-15-31-22-7-3-1-5-20(18)22)25-24-9-12-29(36-24)17-33(28(35)26(25)29)14-11-19-16-32-23-8-4-2-6-21(19)23/h1-9,12,15-16,24-26,31-32H,10-11,13-14,17H2,(H,30,34)/t24-,25+,26+,29-/m1/s1. The lowest BCUT2D eigenvalue weighted by Gasteiger charge is -2.23. The zero-order valence-corrected chi connectivity index (χ0v) is 19.9. The molecule has 182 valence electrons. The SMILES string of the molecule is O=C(NCCc1c[nH]c2ccccc12)[C@@H]1[C@H]2C(=O)N(CCc3c[nH]c4ccccc34)C[C@]23C=C[C@H]1O3. The van der Waals surface area contributed by atoms with E-state index in [0.717, 1.165) is 23.9 Å². The second kappa shape index (κ2) is 8.10. The van der Waals surface area contributed by atoms with Gasteiger partial charge >= 0.3 is 0 Å². The van der Waals surface area contributed by atoms with Gasteiger partial charge in [-0.3, -0.25) is 9.59 Å². The Kier molecular flexibility index (Phi) is 4.82. The quantitative estimate of drug-likeness (QED) is 0.355. The Morgan fingerprint density at radius 3 is 2.39 bits per heavy atom. The average molecular weight is 481 g/mol. The van der Waals surface area contributed by atoms with Crippen LogP contribution in [0, 0.1) is 11.8 Å². The zero-order chi connectivity index (χ0) is 24.3. The maximum atomic E-state index is 13.5. The average Bonchev–Trinajstić information content (AvgIpc) is 3.70. The number of amides is 2. The van der Waals surface area contributed by atoms with Crippen molar-refractivity contribution in [3.63, 3.8) is 0 Å². The first-order chi connectivity index (χ1) is 17.6. The fraction of sp³-hybridized carbons (Fsp3) is 0.310. The van der Waals surface area contributed by atoms with E-state index in [1.807, 2.05) is 59.8 Å². The van der Waals surface area contributed by atoms with Crippen LogP contribution in [0.1, 0.15) is 11.1 Å². The van der Waals surface area contributed by atoms with Gasteiger partial charge in [0.15, 0.2) is 0 Å². The van der Waals surface area contributed by atoms with Crippen molar-refractivity contribution >= 4 is 33.6 Å². The largest absolute Gasteiger partial charge is 0.361 e. The van der Waals surface area contributed by atoms with E-state index in [4.69, 9.17) is 4.74 Å². The molecule has 2 fully saturated rings. The predicted octanol–water partition coefficient (Wildman–Crippen LogP) is 3.33. The Labute approximate surface area is 208 Å². The number of H-pyrrole nitrogens is 2. The van der Waals surface area contributed by atoms with E-state index in [1.165, 1.54) is 21.9 Å². The molecule has 3 N–H and O–H groups in total. The van der Waals surface area contributed by atoms with Crippen LogP contribution in [0.3, 0.4) is 0 Å². The molecule has 36 heavy (non-hydrogen) atoms. The molecule has 1 spiro atoms. The van der Waals surface area contributed by atoms with Crippen molar-refractivity contribution in [1.29, 1.82) is 0 Å². The molecule has 2 aromatic heterocycles. The van der Waals surface area contributed by atoms with E-state index < -0.39 is 17.4 Å². The van der Waals surface area contributed by atoms with Crippen LogP contribution in [0.4, 0.5) is 0 Å². The second-order valence-corrected chi connectivity index (χ2v) is 10.2. The van der Waals surface area contributed by atoms with Gasteiger partial charge in [-0.15, -0.1) is 0 Å². The molecule has 0 radical (unpaired) electrons. The predicted molar refractivity (Wildman–Crippen MR) is 137 cm³/mol. The Balaban J connectivity index is 1.03. The van der Waals surface area contributed by atoms with E-state index >= 15 is 0 Å². The molecule has 4 atom stereocenters. The number of ether oxygens (including phenoxy) is 1. The third-order valence-corrected chi connectivity index (χ3v) is 8.18. The van der Waals surface area contributed by atoms with Gasteiger partial charge in [0.2, 0.25) is 11.8 Å². The number of hydrogen-bond acceptors (Lipinski definition) is 3. The summed E-state index contributed by atoms with van der Waals surface area (Å²) in [6.07, 6.45) is 9.16. The number of nitrogens with zero attached hydrogens (tertiary/aromatic N) is 1. The number of likely N-dealkylation sites (tertiary alicyclic amines) is 1. The van der Waals surface area contributed by atoms with Gasteiger partial charge in [-0.05, 0) is 36.1 Å². The Bertz CT molecular complexity index is 1520. The molecule has 4 aromatic rings. The number of nitrogens with one attached hydrogen (secondary N) is 3. The number of hydrogen-bond donors (Lipinski definition) is 3. The highest BCUT2D eigenvalue weighted by Gasteiger charge is 2.66. The lowest BCUT2D eigenvalue weighted by atomic mass is 9.77. The summed E-state index contributed by atoms with van der Waals surface area (Å²) in [7, 11) is 0. The molecule has 2 amide bonds. The summed E-state index contributed by atoms with van der Waals surface area (Å²) in [6.45, 7) is 1.63. The lowest BCUT2D eigenvalue weighted by molar-refractivity contribution is -0.137. The van der Waals surface area contributed by atoms with E-state index in [9.17, 15) is 9.59 Å². The molecule has 0 unspecified atom stereocenters. The van der Waals surface area contributed by atoms with Gasteiger partial charge in [-0.1, -0.05) is 48.6 Å². The number of aromatic amines is 2. The molecule has 2 saturated heterocycles. The van der Waals surface area contributed by atoms with Gasteiger partial charge in [0.1, 0.15) is 5.60 Å². The summed E-state index contributed by atoms with van der Waals surface area (Å²) in [5.41, 5.74) is 3.88. The number of para-hydroxylation sites is 2. The maximum absolute atomic E-state index is 13.5. The van der Waals surface area contributed by atoms with Gasteiger partial charge < -0.3 is 24.9 Å². The Hall–Kier alpha value is -3.84. The van der Waals surface area contributed by atoms with Crippen molar-refractivity contribution in [1.82, 2.24) is 20.2 Å². The van der Waals surface area contributed by atoms with Crippen LogP contribution >= 0.6 is 0 Å². The third kappa shape index (κ3) is 3.23. The molecule has 2 aromatic carbocycles. The van der Waals surface area contributed by atoms with Gasteiger partial charge in [0, 0.05) is 47.3 Å². The first-order valence-electron chi connectivity index (χ1n) is 12.7. The van der Waals surface area contributed by atoms with Crippen LogP contribution in [0.2, 0.25) is 0 Å². The number of aromatic nitrogens is 2. The highest BCUT2D eigenvalue weighted by atomic mass is 16.5. The molecular weight excluding hydrogens is 452 g/mol. The van der Waals surface area contributed by atoms with E-state index in [1.54, 1.807) is 0 Å². The molecule has 5 heterocycles. The molecule has 2 bridgehead atoms. The number of fused-ring (bicyclic) bond motifs is 3. The number of carbonyl (C=O) groups excluding carboxylic acids is 2. The summed E-state index contributed by atoms with van der Waals surface area (Å²) in [4.78, 5) is 35.3. The van der Waals surface area contributed by atoms with Crippen molar-refractivity contribution in [3.05, 3.63) is 84.2 Å². The van der Waals surface area contributed by atoms with Crippen LogP contribution in [0.15, 0.2) is 73.1 Å². The highest BCUT2D eigenvalue weighted by molar-refractivity contribution is 5.93. The topological polar surface area (TPSA) is 90.2 Å². The summed E-state index contributed by atoms with van der Waals surface area (Å²) in [5.74, 6) is -1.01. The smallest absolute Gasteiger partial charge is 0.230 e. The monoisotopic (exact) mass is 480 g/mol. The maximum Gasteiger partial charge on any atom is 0.230 e. The van der Waals surface area contributed by atoms with E-state index in [-0.39, 0.29) is 17.9 Å². The summed E-state index contributed by atoms with van der Waals surface area (Å²) < 4.78 is 6.29. The van der Waals surface area contributed by atoms with Crippen molar-refractivity contribution in [3.8, 4) is 0 Å². The van der Waals surface area contributed by atoms with Crippen molar-refractivity contribution in [2.75, 3.05) is 19.6 Å². The molecule has 7 rings (SSSR count). The number of benzene rings is 2. The minimum absolute atomic E-state index is 0.0264. The fourth-order valence-corrected chi connectivity index (χ4v) is 6.44. The van der Waals surface area contributed by atoms with Gasteiger partial charge in [0.25, 0.3) is 0 Å². The Morgan fingerprint density at radius 1 is 1.00 bits per heavy atom. The van der Waals surface area contributed by atoms with Gasteiger partial charge in [0.05, 0.1) is 24.5 Å². The van der Waals surface area contributed by atoms with E-state index in [0.29, 0.717) is 19.6 Å². The first-order valence-corrected chi connectivity index (χ1v) is 12.7.